The first kappa shape index (κ1) is 23.0. The lowest BCUT2D eigenvalue weighted by Crippen LogP contribution is -2.48. The summed E-state index contributed by atoms with van der Waals surface area (Å²) in [6.45, 7) is 0. The van der Waals surface area contributed by atoms with Crippen LogP contribution < -0.4 is 0 Å². The van der Waals surface area contributed by atoms with E-state index in [4.69, 9.17) is 0 Å². The van der Waals surface area contributed by atoms with Crippen molar-refractivity contribution in [3.8, 4) is 5.75 Å². The van der Waals surface area contributed by atoms with Crippen molar-refractivity contribution in [2.24, 2.45) is 17.8 Å². The minimum absolute atomic E-state index is 0.0438. The van der Waals surface area contributed by atoms with Crippen LogP contribution in [-0.2, 0) is 22.8 Å². The number of phenolic OH excluding ortho intramolecular Hbond substituents is 1. The summed E-state index contributed by atoms with van der Waals surface area (Å²) in [5.41, 5.74) is 1.14. The number of carbonyl (C=O) groups is 1. The van der Waals surface area contributed by atoms with E-state index in [-0.39, 0.29) is 16.6 Å². The van der Waals surface area contributed by atoms with Gasteiger partial charge in [0.05, 0.1) is 11.1 Å². The highest BCUT2D eigenvalue weighted by Gasteiger charge is 2.52. The number of hydrogen-bond acceptors (Lipinski definition) is 2. The Morgan fingerprint density at radius 2 is 1.65 bits per heavy atom. The van der Waals surface area contributed by atoms with Crippen LogP contribution in [0.15, 0.2) is 48.5 Å². The van der Waals surface area contributed by atoms with Gasteiger partial charge in [0, 0.05) is 5.56 Å². The molecule has 4 aliphatic rings. The van der Waals surface area contributed by atoms with E-state index in [1.165, 1.54) is 37.5 Å². The van der Waals surface area contributed by atoms with Gasteiger partial charge in [0.15, 0.2) is 0 Å². The highest BCUT2D eigenvalue weighted by atomic mass is 19.4. The zero-order valence-corrected chi connectivity index (χ0v) is 18.9. The number of halogens is 3. The molecule has 0 atom stereocenters. The average Bonchev–Trinajstić information content (AvgIpc) is 2.76. The lowest BCUT2D eigenvalue weighted by molar-refractivity contribution is -0.137. The van der Waals surface area contributed by atoms with E-state index >= 15 is 0 Å². The molecule has 4 fully saturated rings. The van der Waals surface area contributed by atoms with E-state index in [2.05, 4.69) is 6.07 Å². The highest BCUT2D eigenvalue weighted by molar-refractivity contribution is 6.15. The molecule has 180 valence electrons. The molecule has 0 radical (unpaired) electrons. The Balaban J connectivity index is 1.36. The molecular formula is C28H29F3O3. The number of alkyl halides is 3. The van der Waals surface area contributed by atoms with Crippen LogP contribution in [0.2, 0.25) is 0 Å². The molecule has 2 aromatic rings. The van der Waals surface area contributed by atoms with Gasteiger partial charge in [0.2, 0.25) is 0 Å². The quantitative estimate of drug-likeness (QED) is 0.448. The van der Waals surface area contributed by atoms with Crippen LogP contribution >= 0.6 is 0 Å². The predicted octanol–water partition coefficient (Wildman–Crippen LogP) is 6.98. The first-order valence-corrected chi connectivity index (χ1v) is 12.1. The van der Waals surface area contributed by atoms with Gasteiger partial charge in [-0.25, -0.2) is 4.79 Å². The fourth-order valence-electron chi connectivity index (χ4n) is 7.18. The van der Waals surface area contributed by atoms with Gasteiger partial charge in [0.1, 0.15) is 5.75 Å². The molecule has 0 aromatic heterocycles. The van der Waals surface area contributed by atoms with Gasteiger partial charge in [0.25, 0.3) is 0 Å². The van der Waals surface area contributed by atoms with Crippen molar-refractivity contribution in [1.29, 1.82) is 0 Å². The van der Waals surface area contributed by atoms with Crippen molar-refractivity contribution in [3.05, 3.63) is 70.8 Å². The van der Waals surface area contributed by atoms with Crippen molar-refractivity contribution in [2.75, 3.05) is 0 Å². The lowest BCUT2D eigenvalue weighted by Gasteiger charge is -2.57. The van der Waals surface area contributed by atoms with E-state index < -0.39 is 17.7 Å². The monoisotopic (exact) mass is 470 g/mol. The summed E-state index contributed by atoms with van der Waals surface area (Å²) in [5.74, 6) is 1.35. The maximum atomic E-state index is 13.1. The Kier molecular flexibility index (Phi) is 5.73. The Morgan fingerprint density at radius 1 is 1.00 bits per heavy atom. The maximum absolute atomic E-state index is 13.1. The third-order valence-electron chi connectivity index (χ3n) is 8.18. The number of allylic oxidation sites excluding steroid dienone is 1. The van der Waals surface area contributed by atoms with Gasteiger partial charge >= 0.3 is 12.1 Å². The van der Waals surface area contributed by atoms with E-state index in [0.29, 0.717) is 18.6 Å². The van der Waals surface area contributed by atoms with E-state index in [1.807, 2.05) is 6.07 Å². The molecule has 4 aliphatic carbocycles. The molecule has 0 heterocycles. The SMILES string of the molecule is O=C(O)/C(=C/CCc1ccc(O)c(C23CC4CC(CC(C4)C2)C3)c1)c1cccc(C(F)(F)F)c1. The number of aliphatic carboxylic acids is 1. The Labute approximate surface area is 197 Å². The topological polar surface area (TPSA) is 57.5 Å². The summed E-state index contributed by atoms with van der Waals surface area (Å²) in [7, 11) is 0. The summed E-state index contributed by atoms with van der Waals surface area (Å²) in [4.78, 5) is 11.8. The summed E-state index contributed by atoms with van der Waals surface area (Å²) in [6.07, 6.45) is 5.25. The lowest BCUT2D eigenvalue weighted by atomic mass is 9.48. The Bertz CT molecular complexity index is 1100. The molecule has 6 rings (SSSR count). The first-order chi connectivity index (χ1) is 16.1. The summed E-state index contributed by atoms with van der Waals surface area (Å²) in [5, 5.41) is 20.4. The largest absolute Gasteiger partial charge is 0.508 e. The number of carboxylic acids is 1. The minimum Gasteiger partial charge on any atom is -0.508 e. The van der Waals surface area contributed by atoms with Crippen molar-refractivity contribution in [2.45, 2.75) is 63.0 Å². The van der Waals surface area contributed by atoms with Gasteiger partial charge in [-0.05, 0) is 104 Å². The fraction of sp³-hybridized carbons (Fsp3) is 0.464. The number of benzene rings is 2. The highest BCUT2D eigenvalue weighted by Crippen LogP contribution is 2.61. The molecule has 3 nitrogen and oxygen atoms in total. The molecular weight excluding hydrogens is 441 g/mol. The average molecular weight is 471 g/mol. The molecule has 6 heteroatoms. The van der Waals surface area contributed by atoms with Crippen LogP contribution in [-0.4, -0.2) is 16.2 Å². The number of rotatable bonds is 6. The smallest absolute Gasteiger partial charge is 0.416 e. The molecule has 0 spiro atoms. The van der Waals surface area contributed by atoms with Crippen molar-refractivity contribution in [3.63, 3.8) is 0 Å². The predicted molar refractivity (Wildman–Crippen MR) is 123 cm³/mol. The van der Waals surface area contributed by atoms with Crippen LogP contribution in [0.5, 0.6) is 5.75 Å². The molecule has 0 aliphatic heterocycles. The van der Waals surface area contributed by atoms with Crippen molar-refractivity contribution in [1.82, 2.24) is 0 Å². The standard InChI is InChI=1S/C28H29F3O3/c29-28(30,31)22-5-2-4-21(13-22)23(26(33)34)6-1-3-17-7-8-25(32)24(12-17)27-14-18-9-19(15-27)11-20(10-18)16-27/h2,4-8,12-13,18-20,32H,1,3,9-11,14-16H2,(H,33,34)/b23-6+. The van der Waals surface area contributed by atoms with E-state index in [1.54, 1.807) is 6.07 Å². The maximum Gasteiger partial charge on any atom is 0.416 e. The van der Waals surface area contributed by atoms with E-state index in [9.17, 15) is 28.2 Å². The molecule has 0 amide bonds. The zero-order chi connectivity index (χ0) is 24.1. The summed E-state index contributed by atoms with van der Waals surface area (Å²) >= 11 is 0. The van der Waals surface area contributed by atoms with Gasteiger partial charge in [-0.1, -0.05) is 30.3 Å². The second-order valence-electron chi connectivity index (χ2n) is 10.6. The van der Waals surface area contributed by atoms with Crippen LogP contribution in [0.3, 0.4) is 0 Å². The summed E-state index contributed by atoms with van der Waals surface area (Å²) in [6, 6.07) is 10.1. The van der Waals surface area contributed by atoms with Crippen molar-refractivity contribution < 1.29 is 28.2 Å². The first-order valence-electron chi connectivity index (χ1n) is 12.1. The number of hydrogen-bond donors (Lipinski definition) is 2. The minimum atomic E-state index is -4.53. The number of carboxylic acid groups (broad SMARTS) is 1. The Morgan fingerprint density at radius 3 is 2.24 bits per heavy atom. The number of phenols is 1. The number of aromatic hydroxyl groups is 1. The molecule has 34 heavy (non-hydrogen) atoms. The van der Waals surface area contributed by atoms with Gasteiger partial charge in [-0.15, -0.1) is 0 Å². The normalized spacial score (nSPS) is 28.3. The molecule has 2 aromatic carbocycles. The van der Waals surface area contributed by atoms with Gasteiger partial charge < -0.3 is 10.2 Å². The zero-order valence-electron chi connectivity index (χ0n) is 18.9. The van der Waals surface area contributed by atoms with Crippen LogP contribution in [0.1, 0.15) is 67.2 Å². The second kappa shape index (κ2) is 8.47. The number of aryl methyl sites for hydroxylation is 1. The third-order valence-corrected chi connectivity index (χ3v) is 8.18. The molecule has 0 saturated heterocycles. The van der Waals surface area contributed by atoms with Crippen molar-refractivity contribution >= 4 is 11.5 Å². The molecule has 2 N–H and O–H groups in total. The molecule has 4 saturated carbocycles. The second-order valence-corrected chi connectivity index (χ2v) is 10.6. The summed E-state index contributed by atoms with van der Waals surface area (Å²) < 4.78 is 39.2. The van der Waals surface area contributed by atoms with Gasteiger partial charge in [-0.2, -0.15) is 13.2 Å². The molecule has 4 bridgehead atoms. The third kappa shape index (κ3) is 4.35. The fourth-order valence-corrected chi connectivity index (χ4v) is 7.18. The van der Waals surface area contributed by atoms with Crippen LogP contribution in [0.4, 0.5) is 13.2 Å². The molecule has 0 unspecified atom stereocenters. The van der Waals surface area contributed by atoms with Gasteiger partial charge in [-0.3, -0.25) is 0 Å². The van der Waals surface area contributed by atoms with Crippen LogP contribution in [0, 0.1) is 17.8 Å². The van der Waals surface area contributed by atoms with Crippen LogP contribution in [0.25, 0.3) is 5.57 Å². The van der Waals surface area contributed by atoms with E-state index in [0.717, 1.165) is 60.3 Å². The Hall–Kier alpha value is -2.76.